The number of rotatable bonds is 5. The van der Waals surface area contributed by atoms with E-state index in [0.29, 0.717) is 0 Å². The van der Waals surface area contributed by atoms with Crippen LogP contribution in [0.3, 0.4) is 0 Å². The molecule has 0 aromatic heterocycles. The Labute approximate surface area is 113 Å². The van der Waals surface area contributed by atoms with Gasteiger partial charge >= 0.3 is 0 Å². The molecule has 108 valence electrons. The Morgan fingerprint density at radius 3 is 2.53 bits per heavy atom. The lowest BCUT2D eigenvalue weighted by molar-refractivity contribution is -0.0350. The number of alkyl halides is 2. The lowest BCUT2D eigenvalue weighted by Gasteiger charge is -2.27. The van der Waals surface area contributed by atoms with Crippen LogP contribution < -0.4 is 9.86 Å². The molecule has 0 amide bonds. The third-order valence-electron chi connectivity index (χ3n) is 2.44. The highest BCUT2D eigenvalue weighted by Crippen LogP contribution is 2.37. The Hall–Kier alpha value is -0.830. The Morgan fingerprint density at radius 2 is 2.05 bits per heavy atom. The fourth-order valence-electron chi connectivity index (χ4n) is 1.48. The van der Waals surface area contributed by atoms with Gasteiger partial charge < -0.3 is 0 Å². The maximum Gasteiger partial charge on any atom is 0.275 e. The van der Waals surface area contributed by atoms with Gasteiger partial charge in [0.15, 0.2) is 0 Å². The van der Waals surface area contributed by atoms with Crippen molar-refractivity contribution in [2.45, 2.75) is 25.3 Å². The second kappa shape index (κ2) is 5.66. The van der Waals surface area contributed by atoms with E-state index in [9.17, 15) is 21.6 Å². The topological polar surface area (TPSA) is 72.2 Å². The summed E-state index contributed by atoms with van der Waals surface area (Å²) in [6.45, 7) is 1.16. The summed E-state index contributed by atoms with van der Waals surface area (Å²) in [4.78, 5) is 0. The molecule has 0 aliphatic carbocycles. The number of nitrogens with two attached hydrogens (primary N) is 1. The lowest BCUT2D eigenvalue weighted by atomic mass is 9.99. The molecule has 1 atom stereocenters. The summed E-state index contributed by atoms with van der Waals surface area (Å²) in [5.74, 6) is -4.28. The number of hydrogen-bond donors (Lipinski definition) is 2. The quantitative estimate of drug-likeness (QED) is 0.875. The molecule has 0 bridgehead atoms. The van der Waals surface area contributed by atoms with Crippen molar-refractivity contribution in [3.63, 3.8) is 0 Å². The molecule has 0 unspecified atom stereocenters. The van der Waals surface area contributed by atoms with Crippen molar-refractivity contribution >= 4 is 21.8 Å². The molecule has 1 rings (SSSR count). The van der Waals surface area contributed by atoms with Gasteiger partial charge in [-0.15, -0.1) is 0 Å². The molecule has 4 nitrogen and oxygen atoms in total. The highest BCUT2D eigenvalue weighted by molar-refractivity contribution is 7.87. The average molecular weight is 317 g/mol. The molecule has 0 fully saturated rings. The van der Waals surface area contributed by atoms with Crippen LogP contribution in [0.25, 0.3) is 0 Å². The van der Waals surface area contributed by atoms with Gasteiger partial charge in [-0.05, 0) is 23.8 Å². The summed E-state index contributed by atoms with van der Waals surface area (Å²) in [5.41, 5.74) is -0.373. The molecular weight excluding hydrogens is 305 g/mol. The third kappa shape index (κ3) is 4.34. The van der Waals surface area contributed by atoms with Crippen LogP contribution in [-0.4, -0.2) is 14.3 Å². The number of nitrogens with one attached hydrogen (secondary N) is 1. The maximum atomic E-state index is 13.8. The smallest absolute Gasteiger partial charge is 0.216 e. The first kappa shape index (κ1) is 16.2. The summed E-state index contributed by atoms with van der Waals surface area (Å²) in [7, 11) is -4.41. The van der Waals surface area contributed by atoms with Gasteiger partial charge in [0.2, 0.25) is 0 Å². The van der Waals surface area contributed by atoms with Gasteiger partial charge in [-0.2, -0.15) is 13.1 Å². The first-order valence-electron chi connectivity index (χ1n) is 5.19. The van der Waals surface area contributed by atoms with E-state index in [1.807, 2.05) is 0 Å². The highest BCUT2D eigenvalue weighted by Gasteiger charge is 2.41. The monoisotopic (exact) mass is 316 g/mol. The molecule has 0 spiro atoms. The lowest BCUT2D eigenvalue weighted by Crippen LogP contribution is -2.43. The van der Waals surface area contributed by atoms with Crippen molar-refractivity contribution in [1.29, 1.82) is 0 Å². The van der Waals surface area contributed by atoms with Gasteiger partial charge in [-0.1, -0.05) is 18.5 Å². The van der Waals surface area contributed by atoms with Crippen LogP contribution in [0.1, 0.15) is 24.9 Å². The predicted molar refractivity (Wildman–Crippen MR) is 65.6 cm³/mol. The van der Waals surface area contributed by atoms with Crippen molar-refractivity contribution in [2.24, 2.45) is 5.14 Å². The standard InChI is InChI=1S/C10H12ClF3N2O2S/c1-2-10(13,14)9(16-19(15,17)18)7-5-6(12)3-4-8(7)11/h3-5,9,16H,2H2,1H3,(H2,15,17,18)/t9-/m0/s1. The molecule has 1 aromatic carbocycles. The van der Waals surface area contributed by atoms with Crippen LogP contribution in [-0.2, 0) is 10.2 Å². The van der Waals surface area contributed by atoms with E-state index in [0.717, 1.165) is 25.1 Å². The van der Waals surface area contributed by atoms with Crippen LogP contribution in [0.15, 0.2) is 18.2 Å². The Balaban J connectivity index is 3.35. The zero-order chi connectivity index (χ0) is 14.8. The predicted octanol–water partition coefficient (Wildman–Crippen LogP) is 2.36. The average Bonchev–Trinajstić information content (AvgIpc) is 2.28. The van der Waals surface area contributed by atoms with Crippen molar-refractivity contribution in [1.82, 2.24) is 4.72 Å². The fourth-order valence-corrected chi connectivity index (χ4v) is 2.34. The molecule has 0 aliphatic heterocycles. The van der Waals surface area contributed by atoms with Crippen LogP contribution in [0.4, 0.5) is 13.2 Å². The number of hydrogen-bond acceptors (Lipinski definition) is 2. The molecular formula is C10H12ClF3N2O2S. The summed E-state index contributed by atoms with van der Waals surface area (Å²) in [6.07, 6.45) is -0.674. The van der Waals surface area contributed by atoms with E-state index in [1.165, 1.54) is 0 Å². The van der Waals surface area contributed by atoms with E-state index in [1.54, 1.807) is 4.72 Å². The number of benzene rings is 1. The molecule has 0 saturated heterocycles. The van der Waals surface area contributed by atoms with E-state index >= 15 is 0 Å². The Bertz CT molecular complexity index is 566. The second-order valence-electron chi connectivity index (χ2n) is 3.88. The maximum absolute atomic E-state index is 13.8. The minimum Gasteiger partial charge on any atom is -0.216 e. The summed E-state index contributed by atoms with van der Waals surface area (Å²) in [5, 5.41) is 4.52. The fraction of sp³-hybridized carbons (Fsp3) is 0.400. The van der Waals surface area contributed by atoms with Gasteiger partial charge in [-0.25, -0.2) is 18.3 Å². The van der Waals surface area contributed by atoms with Crippen LogP contribution in [0, 0.1) is 5.82 Å². The van der Waals surface area contributed by atoms with E-state index < -0.39 is 34.4 Å². The summed E-state index contributed by atoms with van der Waals surface area (Å²) < 4.78 is 64.2. The van der Waals surface area contributed by atoms with E-state index in [-0.39, 0.29) is 10.6 Å². The first-order valence-corrected chi connectivity index (χ1v) is 7.12. The SMILES string of the molecule is CCC(F)(F)[C@@H](NS(N)(=O)=O)c1cc(F)ccc1Cl. The van der Waals surface area contributed by atoms with Gasteiger partial charge in [0.25, 0.3) is 16.1 Å². The molecule has 9 heteroatoms. The largest absolute Gasteiger partial charge is 0.275 e. The minimum atomic E-state index is -4.41. The molecule has 0 saturated carbocycles. The van der Waals surface area contributed by atoms with Crippen LogP contribution in [0.2, 0.25) is 5.02 Å². The number of halogens is 4. The molecule has 0 radical (unpaired) electrons. The zero-order valence-electron chi connectivity index (χ0n) is 9.83. The Morgan fingerprint density at radius 1 is 1.47 bits per heavy atom. The van der Waals surface area contributed by atoms with Gasteiger partial charge in [0.05, 0.1) is 0 Å². The highest BCUT2D eigenvalue weighted by atomic mass is 35.5. The summed E-state index contributed by atoms with van der Waals surface area (Å²) in [6, 6.07) is 0.754. The van der Waals surface area contributed by atoms with Gasteiger partial charge in [0.1, 0.15) is 11.9 Å². The van der Waals surface area contributed by atoms with Crippen LogP contribution >= 0.6 is 11.6 Å². The van der Waals surface area contributed by atoms with Crippen molar-refractivity contribution in [3.8, 4) is 0 Å². The van der Waals surface area contributed by atoms with Crippen molar-refractivity contribution in [2.75, 3.05) is 0 Å². The van der Waals surface area contributed by atoms with Gasteiger partial charge in [-0.3, -0.25) is 0 Å². The molecule has 0 heterocycles. The normalized spacial score (nSPS) is 14.4. The molecule has 1 aromatic rings. The minimum absolute atomic E-state index is 0.185. The molecule has 19 heavy (non-hydrogen) atoms. The van der Waals surface area contributed by atoms with E-state index in [4.69, 9.17) is 16.7 Å². The van der Waals surface area contributed by atoms with Crippen molar-refractivity contribution in [3.05, 3.63) is 34.6 Å². The van der Waals surface area contributed by atoms with Gasteiger partial charge in [0, 0.05) is 11.4 Å². The zero-order valence-corrected chi connectivity index (χ0v) is 11.4. The van der Waals surface area contributed by atoms with Crippen LogP contribution in [0.5, 0.6) is 0 Å². The Kier molecular flexibility index (Phi) is 4.83. The first-order chi connectivity index (χ1) is 8.57. The molecule has 0 aliphatic rings. The third-order valence-corrected chi connectivity index (χ3v) is 3.35. The summed E-state index contributed by atoms with van der Waals surface area (Å²) >= 11 is 5.71. The van der Waals surface area contributed by atoms with Crippen molar-refractivity contribution < 1.29 is 21.6 Å². The van der Waals surface area contributed by atoms with E-state index in [2.05, 4.69) is 0 Å². The second-order valence-corrected chi connectivity index (χ2v) is 5.61. The molecule has 3 N–H and O–H groups in total.